The summed E-state index contributed by atoms with van der Waals surface area (Å²) in [6.45, 7) is 6.64. The van der Waals surface area contributed by atoms with Crippen molar-refractivity contribution in [1.82, 2.24) is 15.3 Å². The zero-order valence-electron chi connectivity index (χ0n) is 19.0. The number of aliphatic carboxylic acids is 1. The van der Waals surface area contributed by atoms with Gasteiger partial charge in [0.1, 0.15) is 17.7 Å². The Morgan fingerprint density at radius 3 is 2.48 bits per heavy atom. The average molecular weight is 453 g/mol. The Morgan fingerprint density at radius 2 is 1.85 bits per heavy atom. The van der Waals surface area contributed by atoms with Crippen LogP contribution in [0.5, 0.6) is 0 Å². The number of nitrogens with zero attached hydrogens (tertiary/aromatic N) is 2. The molecule has 2 amide bonds. The number of rotatable bonds is 7. The first-order valence-corrected chi connectivity index (χ1v) is 10.6. The van der Waals surface area contributed by atoms with Crippen LogP contribution in [0.3, 0.4) is 0 Å². The first-order chi connectivity index (χ1) is 15.6. The third-order valence-electron chi connectivity index (χ3n) is 4.92. The Labute approximate surface area is 191 Å². The first-order valence-electron chi connectivity index (χ1n) is 10.6. The zero-order chi connectivity index (χ0) is 24.2. The van der Waals surface area contributed by atoms with Gasteiger partial charge >= 0.3 is 12.1 Å². The number of carbonyl (C=O) groups is 3. The van der Waals surface area contributed by atoms with Gasteiger partial charge in [-0.25, -0.2) is 14.6 Å². The van der Waals surface area contributed by atoms with E-state index in [-0.39, 0.29) is 6.42 Å². The van der Waals surface area contributed by atoms with E-state index in [0.717, 1.165) is 5.39 Å². The van der Waals surface area contributed by atoms with E-state index in [1.54, 1.807) is 39.1 Å². The number of aromatic nitrogens is 2. The van der Waals surface area contributed by atoms with Gasteiger partial charge in [-0.05, 0) is 39.1 Å². The number of nitrogens with one attached hydrogen (secondary N) is 2. The predicted octanol–water partition coefficient (Wildman–Crippen LogP) is 3.51. The number of aromatic amines is 1. The number of fused-ring (bicyclic) bond motifs is 1. The first kappa shape index (κ1) is 23.8. The summed E-state index contributed by atoms with van der Waals surface area (Å²) in [7, 11) is 0. The molecular formula is C24H28N4O5. The summed E-state index contributed by atoms with van der Waals surface area (Å²) in [6, 6.07) is 10.4. The number of amides is 2. The average Bonchev–Trinajstić information content (AvgIpc) is 3.25. The number of hydrogen-bond donors (Lipinski definition) is 3. The molecule has 174 valence electrons. The molecule has 33 heavy (non-hydrogen) atoms. The van der Waals surface area contributed by atoms with Gasteiger partial charge < -0.3 is 20.1 Å². The van der Waals surface area contributed by atoms with Crippen LogP contribution in [0.25, 0.3) is 10.8 Å². The van der Waals surface area contributed by atoms with E-state index in [4.69, 9.17) is 4.74 Å². The van der Waals surface area contributed by atoms with Crippen LogP contribution in [-0.4, -0.2) is 50.7 Å². The lowest BCUT2D eigenvalue weighted by Gasteiger charge is -2.32. The lowest BCUT2D eigenvalue weighted by Crippen LogP contribution is -2.54. The van der Waals surface area contributed by atoms with Gasteiger partial charge in [0.05, 0.1) is 17.7 Å². The van der Waals surface area contributed by atoms with E-state index in [2.05, 4.69) is 15.3 Å². The van der Waals surface area contributed by atoms with Crippen LogP contribution in [-0.2, 0) is 20.7 Å². The number of imidazole rings is 1. The largest absolute Gasteiger partial charge is 0.480 e. The molecule has 0 bridgehead atoms. The van der Waals surface area contributed by atoms with Gasteiger partial charge in [0.15, 0.2) is 0 Å². The van der Waals surface area contributed by atoms with Crippen molar-refractivity contribution in [2.75, 3.05) is 4.90 Å². The van der Waals surface area contributed by atoms with E-state index in [0.29, 0.717) is 16.8 Å². The number of alkyl carbamates (subject to hydrolysis) is 1. The maximum absolute atomic E-state index is 13.6. The minimum absolute atomic E-state index is 0.0209. The predicted molar refractivity (Wildman–Crippen MR) is 124 cm³/mol. The fourth-order valence-corrected chi connectivity index (χ4v) is 3.50. The minimum atomic E-state index is -1.26. The summed E-state index contributed by atoms with van der Waals surface area (Å²) >= 11 is 0. The second kappa shape index (κ2) is 9.72. The third-order valence-corrected chi connectivity index (χ3v) is 4.92. The standard InChI is InChI=1S/C24H28N4O5/c1-15(27-23(32)33-24(2,3)4)21(29)28(20(22(30)31)12-17-13-25-14-26-17)19-11-7-9-16-8-5-6-10-18(16)19/h5-11,13-15,20H,12H2,1-4H3,(H,25,26)(H,27,32)(H,30,31)/t15-,20-/m0/s1. The molecule has 0 unspecified atom stereocenters. The number of carboxylic acid groups (broad SMARTS) is 1. The molecule has 0 spiro atoms. The smallest absolute Gasteiger partial charge is 0.408 e. The highest BCUT2D eigenvalue weighted by Gasteiger charge is 2.36. The Morgan fingerprint density at radius 1 is 1.15 bits per heavy atom. The number of H-pyrrole nitrogens is 1. The molecule has 1 aromatic heterocycles. The van der Waals surface area contributed by atoms with E-state index in [1.165, 1.54) is 18.2 Å². The Hall–Kier alpha value is -3.88. The molecule has 0 aliphatic carbocycles. The molecule has 0 saturated heterocycles. The number of carboxylic acids is 1. The highest BCUT2D eigenvalue weighted by molar-refractivity contribution is 6.09. The van der Waals surface area contributed by atoms with Gasteiger partial charge in [-0.1, -0.05) is 36.4 Å². The number of hydrogen-bond acceptors (Lipinski definition) is 5. The molecule has 0 fully saturated rings. The van der Waals surface area contributed by atoms with Crippen molar-refractivity contribution in [2.24, 2.45) is 0 Å². The van der Waals surface area contributed by atoms with Gasteiger partial charge in [-0.2, -0.15) is 0 Å². The topological polar surface area (TPSA) is 125 Å². The fraction of sp³-hybridized carbons (Fsp3) is 0.333. The van der Waals surface area contributed by atoms with Gasteiger partial charge in [0.25, 0.3) is 0 Å². The van der Waals surface area contributed by atoms with Crippen molar-refractivity contribution in [1.29, 1.82) is 0 Å². The lowest BCUT2D eigenvalue weighted by molar-refractivity contribution is -0.140. The molecule has 3 aromatic rings. The van der Waals surface area contributed by atoms with Crippen molar-refractivity contribution in [3.05, 3.63) is 60.7 Å². The van der Waals surface area contributed by atoms with Crippen LogP contribution in [0.2, 0.25) is 0 Å². The zero-order valence-corrected chi connectivity index (χ0v) is 19.0. The highest BCUT2D eigenvalue weighted by Crippen LogP contribution is 2.30. The Bertz CT molecular complexity index is 1130. The lowest BCUT2D eigenvalue weighted by atomic mass is 10.0. The maximum atomic E-state index is 13.6. The van der Waals surface area contributed by atoms with Crippen molar-refractivity contribution in [3.8, 4) is 0 Å². The van der Waals surface area contributed by atoms with Gasteiger partial charge in [-0.3, -0.25) is 9.69 Å². The van der Waals surface area contributed by atoms with Crippen LogP contribution in [0.4, 0.5) is 10.5 Å². The quantitative estimate of drug-likeness (QED) is 0.504. The molecule has 3 rings (SSSR count). The molecule has 2 aromatic carbocycles. The summed E-state index contributed by atoms with van der Waals surface area (Å²) in [4.78, 5) is 46.4. The summed E-state index contributed by atoms with van der Waals surface area (Å²) in [5.41, 5.74) is 0.179. The Kier molecular flexibility index (Phi) is 7.01. The fourth-order valence-electron chi connectivity index (χ4n) is 3.50. The Balaban J connectivity index is 2.03. The molecule has 9 heteroatoms. The second-order valence-corrected chi connectivity index (χ2v) is 8.69. The normalized spacial score (nSPS) is 13.2. The summed E-state index contributed by atoms with van der Waals surface area (Å²) in [5, 5.41) is 14.2. The molecule has 9 nitrogen and oxygen atoms in total. The monoisotopic (exact) mass is 452 g/mol. The van der Waals surface area contributed by atoms with Crippen molar-refractivity contribution < 1.29 is 24.2 Å². The van der Waals surface area contributed by atoms with Crippen molar-refractivity contribution in [2.45, 2.75) is 51.8 Å². The van der Waals surface area contributed by atoms with Gasteiger partial charge in [0.2, 0.25) is 5.91 Å². The number of carbonyl (C=O) groups excluding carboxylic acids is 2. The summed E-state index contributed by atoms with van der Waals surface area (Å²) in [6.07, 6.45) is 2.25. The van der Waals surface area contributed by atoms with Crippen molar-refractivity contribution in [3.63, 3.8) is 0 Å². The molecule has 0 saturated carbocycles. The van der Waals surface area contributed by atoms with Gasteiger partial charge in [0, 0.05) is 18.0 Å². The van der Waals surface area contributed by atoms with E-state index < -0.39 is 35.7 Å². The number of benzene rings is 2. The van der Waals surface area contributed by atoms with Crippen LogP contribution >= 0.6 is 0 Å². The highest BCUT2D eigenvalue weighted by atomic mass is 16.6. The van der Waals surface area contributed by atoms with E-state index in [1.807, 2.05) is 30.3 Å². The van der Waals surface area contributed by atoms with Crippen LogP contribution in [0, 0.1) is 0 Å². The van der Waals surface area contributed by atoms with Crippen LogP contribution in [0.15, 0.2) is 55.0 Å². The molecule has 0 radical (unpaired) electrons. The molecule has 2 atom stereocenters. The molecule has 0 aliphatic rings. The van der Waals surface area contributed by atoms with Crippen molar-refractivity contribution >= 4 is 34.4 Å². The number of ether oxygens (including phenoxy) is 1. The van der Waals surface area contributed by atoms with E-state index >= 15 is 0 Å². The summed E-state index contributed by atoms with van der Waals surface area (Å²) < 4.78 is 5.26. The third kappa shape index (κ3) is 5.88. The van der Waals surface area contributed by atoms with E-state index in [9.17, 15) is 19.5 Å². The maximum Gasteiger partial charge on any atom is 0.408 e. The van der Waals surface area contributed by atoms with Gasteiger partial charge in [-0.15, -0.1) is 0 Å². The molecule has 0 aliphatic heterocycles. The SMILES string of the molecule is C[C@H](NC(=O)OC(C)(C)C)C(=O)N(c1cccc2ccccc12)[C@@H](Cc1c[nH]cn1)C(=O)O. The van der Waals surface area contributed by atoms with Crippen LogP contribution < -0.4 is 10.2 Å². The number of anilines is 1. The molecular weight excluding hydrogens is 424 g/mol. The summed E-state index contributed by atoms with van der Waals surface area (Å²) in [5.74, 6) is -1.77. The minimum Gasteiger partial charge on any atom is -0.480 e. The molecule has 1 heterocycles. The second-order valence-electron chi connectivity index (χ2n) is 8.69. The molecule has 3 N–H and O–H groups in total. The van der Waals surface area contributed by atoms with Crippen LogP contribution in [0.1, 0.15) is 33.4 Å².